The van der Waals surface area contributed by atoms with Gasteiger partial charge in [-0.05, 0) is 25.0 Å². The van der Waals surface area contributed by atoms with Crippen LogP contribution in [0.25, 0.3) is 0 Å². The Bertz CT molecular complexity index is 689. The molecule has 2 saturated heterocycles. The monoisotopic (exact) mass is 405 g/mol. The topological polar surface area (TPSA) is 81.1 Å². The van der Waals surface area contributed by atoms with E-state index >= 15 is 0 Å². The molecule has 0 radical (unpaired) electrons. The van der Waals surface area contributed by atoms with Crippen molar-refractivity contribution in [2.45, 2.75) is 39.2 Å². The third-order valence-electron chi connectivity index (χ3n) is 5.90. The van der Waals surface area contributed by atoms with Gasteiger partial charge in [0.05, 0.1) is 19.8 Å². The van der Waals surface area contributed by atoms with Crippen LogP contribution in [0.4, 0.5) is 0 Å². The van der Waals surface area contributed by atoms with Gasteiger partial charge in [-0.1, -0.05) is 0 Å². The van der Waals surface area contributed by atoms with Gasteiger partial charge in [-0.15, -0.1) is 0 Å². The van der Waals surface area contributed by atoms with Crippen molar-refractivity contribution in [1.29, 1.82) is 0 Å². The maximum absolute atomic E-state index is 12.8. The standard InChI is InChI=1S/C21H31N3O5/c1-18(25)29-17-21(16-20(27)24-12-14-28-15-13-24)5-10-23(11-6-21)19(26)4-9-22-7-2-3-8-22/h2-3,7-8H,4-6,9-17H2,1H3. The van der Waals surface area contributed by atoms with Crippen LogP contribution in [0.15, 0.2) is 24.5 Å². The summed E-state index contributed by atoms with van der Waals surface area (Å²) < 4.78 is 12.6. The molecule has 0 aromatic carbocycles. The largest absolute Gasteiger partial charge is 0.465 e. The lowest BCUT2D eigenvalue weighted by Gasteiger charge is -2.42. The minimum Gasteiger partial charge on any atom is -0.465 e. The molecule has 0 bridgehead atoms. The molecule has 2 amide bonds. The lowest BCUT2D eigenvalue weighted by atomic mass is 9.75. The van der Waals surface area contributed by atoms with Crippen LogP contribution in [0.3, 0.4) is 0 Å². The summed E-state index contributed by atoms with van der Waals surface area (Å²) >= 11 is 0. The first-order chi connectivity index (χ1) is 14.0. The second kappa shape index (κ2) is 9.91. The summed E-state index contributed by atoms with van der Waals surface area (Å²) in [6.07, 6.45) is 6.01. The van der Waals surface area contributed by atoms with E-state index in [1.54, 1.807) is 0 Å². The fraction of sp³-hybridized carbons (Fsp3) is 0.667. The van der Waals surface area contributed by atoms with Crippen LogP contribution in [-0.2, 0) is 30.4 Å². The molecule has 8 nitrogen and oxygen atoms in total. The Labute approximate surface area is 171 Å². The van der Waals surface area contributed by atoms with Gasteiger partial charge in [0.25, 0.3) is 0 Å². The molecule has 0 spiro atoms. The number of aryl methyl sites for hydroxylation is 1. The highest BCUT2D eigenvalue weighted by Crippen LogP contribution is 2.36. The number of piperidine rings is 1. The Morgan fingerprint density at radius 3 is 2.21 bits per heavy atom. The predicted molar refractivity (Wildman–Crippen MR) is 106 cm³/mol. The lowest BCUT2D eigenvalue weighted by molar-refractivity contribution is -0.152. The molecule has 160 valence electrons. The van der Waals surface area contributed by atoms with Gasteiger partial charge in [0.1, 0.15) is 0 Å². The third-order valence-corrected chi connectivity index (χ3v) is 5.90. The molecule has 29 heavy (non-hydrogen) atoms. The van der Waals surface area contributed by atoms with Gasteiger partial charge in [-0.25, -0.2) is 0 Å². The van der Waals surface area contributed by atoms with Crippen LogP contribution < -0.4 is 0 Å². The quantitative estimate of drug-likeness (QED) is 0.639. The summed E-state index contributed by atoms with van der Waals surface area (Å²) in [4.78, 5) is 40.5. The number of esters is 1. The van der Waals surface area contributed by atoms with Crippen molar-refractivity contribution in [2.24, 2.45) is 5.41 Å². The first-order valence-corrected chi connectivity index (χ1v) is 10.3. The van der Waals surface area contributed by atoms with Gasteiger partial charge in [-0.3, -0.25) is 14.4 Å². The van der Waals surface area contributed by atoms with E-state index in [0.29, 0.717) is 71.6 Å². The smallest absolute Gasteiger partial charge is 0.302 e. The molecule has 1 aromatic rings. The van der Waals surface area contributed by atoms with Crippen LogP contribution in [0.1, 0.15) is 32.6 Å². The third kappa shape index (κ3) is 6.06. The maximum atomic E-state index is 12.8. The number of aromatic nitrogens is 1. The summed E-state index contributed by atoms with van der Waals surface area (Å²) in [7, 11) is 0. The zero-order valence-electron chi connectivity index (χ0n) is 17.2. The Morgan fingerprint density at radius 1 is 0.966 bits per heavy atom. The molecular weight excluding hydrogens is 374 g/mol. The zero-order valence-corrected chi connectivity index (χ0v) is 17.2. The first kappa shape index (κ1) is 21.4. The maximum Gasteiger partial charge on any atom is 0.302 e. The Morgan fingerprint density at radius 2 is 1.59 bits per heavy atom. The van der Waals surface area contributed by atoms with Crippen molar-refractivity contribution < 1.29 is 23.9 Å². The number of morpholine rings is 1. The number of carbonyl (C=O) groups is 3. The normalized spacial score (nSPS) is 19.1. The summed E-state index contributed by atoms with van der Waals surface area (Å²) in [5.41, 5.74) is -0.404. The highest BCUT2D eigenvalue weighted by molar-refractivity contribution is 5.78. The van der Waals surface area contributed by atoms with E-state index in [0.717, 1.165) is 0 Å². The van der Waals surface area contributed by atoms with E-state index in [2.05, 4.69) is 0 Å². The molecule has 1 aromatic heterocycles. The van der Waals surface area contributed by atoms with Gasteiger partial charge in [0.15, 0.2) is 0 Å². The zero-order chi connectivity index (χ0) is 20.7. The van der Waals surface area contributed by atoms with Crippen LogP contribution in [0.5, 0.6) is 0 Å². The summed E-state index contributed by atoms with van der Waals surface area (Å²) in [5, 5.41) is 0. The van der Waals surface area contributed by atoms with E-state index in [9.17, 15) is 14.4 Å². The Hall–Kier alpha value is -2.35. The fourth-order valence-electron chi connectivity index (χ4n) is 4.00. The molecule has 8 heteroatoms. The second-order valence-electron chi connectivity index (χ2n) is 8.00. The highest BCUT2D eigenvalue weighted by Gasteiger charge is 2.40. The number of amides is 2. The molecule has 3 rings (SSSR count). The molecule has 2 aliphatic rings. The average Bonchev–Trinajstić information content (AvgIpc) is 3.25. The number of carbonyl (C=O) groups excluding carboxylic acids is 3. The van der Waals surface area contributed by atoms with Crippen molar-refractivity contribution in [2.75, 3.05) is 46.0 Å². The number of rotatable bonds is 7. The Balaban J connectivity index is 1.55. The van der Waals surface area contributed by atoms with Crippen LogP contribution >= 0.6 is 0 Å². The number of hydrogen-bond donors (Lipinski definition) is 0. The van der Waals surface area contributed by atoms with Crippen molar-refractivity contribution >= 4 is 17.8 Å². The van der Waals surface area contributed by atoms with Gasteiger partial charge < -0.3 is 23.8 Å². The number of nitrogens with zero attached hydrogens (tertiary/aromatic N) is 3. The van der Waals surface area contributed by atoms with Crippen LogP contribution in [0.2, 0.25) is 0 Å². The molecule has 2 fully saturated rings. The SMILES string of the molecule is CC(=O)OCC1(CC(=O)N2CCOCC2)CCN(C(=O)CCn2cccc2)CC1. The van der Waals surface area contributed by atoms with E-state index in [1.807, 2.05) is 38.9 Å². The molecule has 0 atom stereocenters. The van der Waals surface area contributed by atoms with E-state index < -0.39 is 5.41 Å². The number of hydrogen-bond acceptors (Lipinski definition) is 5. The minimum absolute atomic E-state index is 0.0767. The van der Waals surface area contributed by atoms with E-state index in [4.69, 9.17) is 9.47 Å². The van der Waals surface area contributed by atoms with E-state index in [1.165, 1.54) is 6.92 Å². The van der Waals surface area contributed by atoms with Gasteiger partial charge in [-0.2, -0.15) is 0 Å². The predicted octanol–water partition coefficient (Wildman–Crippen LogP) is 1.30. The number of likely N-dealkylation sites (tertiary alicyclic amines) is 1. The summed E-state index contributed by atoms with van der Waals surface area (Å²) in [6, 6.07) is 3.89. The number of ether oxygens (including phenoxy) is 2. The lowest BCUT2D eigenvalue weighted by Crippen LogP contribution is -2.49. The summed E-state index contributed by atoms with van der Waals surface area (Å²) in [5.74, 6) is -0.138. The van der Waals surface area contributed by atoms with E-state index in [-0.39, 0.29) is 24.4 Å². The highest BCUT2D eigenvalue weighted by atomic mass is 16.5. The van der Waals surface area contributed by atoms with Crippen molar-refractivity contribution in [3.63, 3.8) is 0 Å². The van der Waals surface area contributed by atoms with Crippen molar-refractivity contribution in [3.8, 4) is 0 Å². The molecule has 2 aliphatic heterocycles. The van der Waals surface area contributed by atoms with Crippen molar-refractivity contribution in [1.82, 2.24) is 14.4 Å². The molecule has 0 aliphatic carbocycles. The van der Waals surface area contributed by atoms with Gasteiger partial charge in [0, 0.05) is 70.3 Å². The molecule has 0 N–H and O–H groups in total. The van der Waals surface area contributed by atoms with Crippen LogP contribution in [-0.4, -0.2) is 78.2 Å². The Kier molecular flexibility index (Phi) is 7.30. The van der Waals surface area contributed by atoms with Gasteiger partial charge in [0.2, 0.25) is 11.8 Å². The minimum atomic E-state index is -0.404. The molecule has 3 heterocycles. The second-order valence-corrected chi connectivity index (χ2v) is 8.00. The molecule has 0 saturated carbocycles. The molecule has 0 unspecified atom stereocenters. The van der Waals surface area contributed by atoms with Crippen LogP contribution in [0, 0.1) is 5.41 Å². The summed E-state index contributed by atoms with van der Waals surface area (Å²) in [6.45, 7) is 5.78. The fourth-order valence-corrected chi connectivity index (χ4v) is 4.00. The average molecular weight is 405 g/mol. The van der Waals surface area contributed by atoms with Gasteiger partial charge >= 0.3 is 5.97 Å². The van der Waals surface area contributed by atoms with Crippen molar-refractivity contribution in [3.05, 3.63) is 24.5 Å². The first-order valence-electron chi connectivity index (χ1n) is 10.3. The molecular formula is C21H31N3O5.